The van der Waals surface area contributed by atoms with Gasteiger partial charge in [-0.1, -0.05) is 0 Å². The molecule has 1 aliphatic heterocycles. The number of carbonyl (C=O) groups is 1. The van der Waals surface area contributed by atoms with Crippen LogP contribution in [0.1, 0.15) is 0 Å². The van der Waals surface area contributed by atoms with Crippen molar-refractivity contribution in [2.24, 2.45) is 0 Å². The Balaban J connectivity index is 2.55. The number of anilines is 2. The molecule has 7 heteroatoms. The first-order chi connectivity index (χ1) is 7.38. The highest BCUT2D eigenvalue weighted by atomic mass is 35.7. The van der Waals surface area contributed by atoms with Crippen LogP contribution in [0.25, 0.3) is 0 Å². The number of hydrogen-bond acceptors (Lipinski definition) is 4. The van der Waals surface area contributed by atoms with E-state index in [0.717, 1.165) is 0 Å². The Morgan fingerprint density at radius 1 is 1.44 bits per heavy atom. The minimum atomic E-state index is -3.74. The molecule has 1 N–H and O–H groups in total. The highest BCUT2D eigenvalue weighted by molar-refractivity contribution is 8.13. The molecule has 5 nitrogen and oxygen atoms in total. The fourth-order valence-electron chi connectivity index (χ4n) is 1.57. The van der Waals surface area contributed by atoms with E-state index in [1.807, 2.05) is 0 Å². The first-order valence-corrected chi connectivity index (χ1v) is 6.78. The summed E-state index contributed by atoms with van der Waals surface area (Å²) in [5.74, 6) is -0.128. The molecule has 0 spiro atoms. The molecule has 0 aliphatic carbocycles. The highest BCUT2D eigenvalue weighted by Crippen LogP contribution is 2.31. The standard InChI is InChI=1S/C9H9ClN2O3S/c1-12-5-9(13)11-7-3-2-6(4-8(7)12)16(10,14)15/h2-4H,5H2,1H3,(H,11,13). The lowest BCUT2D eigenvalue weighted by atomic mass is 10.2. The number of benzene rings is 1. The van der Waals surface area contributed by atoms with Gasteiger partial charge in [0.05, 0.1) is 22.8 Å². The van der Waals surface area contributed by atoms with Crippen LogP contribution in [0, 0.1) is 0 Å². The molecule has 0 radical (unpaired) electrons. The average Bonchev–Trinajstić information content (AvgIpc) is 2.15. The molecule has 16 heavy (non-hydrogen) atoms. The zero-order valence-corrected chi connectivity index (χ0v) is 9.97. The quantitative estimate of drug-likeness (QED) is 0.765. The Kier molecular flexibility index (Phi) is 2.55. The molecule has 1 heterocycles. The minimum absolute atomic E-state index is 0.0240. The fraction of sp³-hybridized carbons (Fsp3) is 0.222. The van der Waals surface area contributed by atoms with Gasteiger partial charge >= 0.3 is 0 Å². The molecule has 1 aromatic carbocycles. The molecule has 0 atom stereocenters. The van der Waals surface area contributed by atoms with E-state index in [0.29, 0.717) is 11.4 Å². The van der Waals surface area contributed by atoms with Gasteiger partial charge in [-0.25, -0.2) is 8.42 Å². The smallest absolute Gasteiger partial charge is 0.261 e. The summed E-state index contributed by atoms with van der Waals surface area (Å²) in [4.78, 5) is 12.9. The van der Waals surface area contributed by atoms with Gasteiger partial charge in [0.25, 0.3) is 9.05 Å². The number of amides is 1. The SMILES string of the molecule is CN1CC(=O)Nc2ccc(S(=O)(=O)Cl)cc21. The monoisotopic (exact) mass is 260 g/mol. The number of rotatable bonds is 1. The van der Waals surface area contributed by atoms with E-state index in [9.17, 15) is 13.2 Å². The van der Waals surface area contributed by atoms with Crippen LogP contribution >= 0.6 is 10.7 Å². The van der Waals surface area contributed by atoms with Gasteiger partial charge in [0.2, 0.25) is 5.91 Å². The largest absolute Gasteiger partial charge is 0.364 e. The molecular formula is C9H9ClN2O3S. The van der Waals surface area contributed by atoms with Gasteiger partial charge < -0.3 is 10.2 Å². The fourth-order valence-corrected chi connectivity index (χ4v) is 2.35. The second kappa shape index (κ2) is 3.64. The maximum Gasteiger partial charge on any atom is 0.261 e. The molecule has 0 bridgehead atoms. The van der Waals surface area contributed by atoms with E-state index in [1.54, 1.807) is 11.9 Å². The Morgan fingerprint density at radius 2 is 2.12 bits per heavy atom. The van der Waals surface area contributed by atoms with Gasteiger partial charge in [0.1, 0.15) is 0 Å². The van der Waals surface area contributed by atoms with Crippen LogP contribution in [-0.4, -0.2) is 27.9 Å². The van der Waals surface area contributed by atoms with Crippen molar-refractivity contribution in [1.82, 2.24) is 0 Å². The van der Waals surface area contributed by atoms with E-state index in [2.05, 4.69) is 5.32 Å². The number of fused-ring (bicyclic) bond motifs is 1. The van der Waals surface area contributed by atoms with Crippen molar-refractivity contribution >= 4 is 37.0 Å². The van der Waals surface area contributed by atoms with Crippen LogP contribution < -0.4 is 10.2 Å². The molecule has 0 aromatic heterocycles. The first-order valence-electron chi connectivity index (χ1n) is 4.47. The predicted octanol–water partition coefficient (Wildman–Crippen LogP) is 1.00. The second-order valence-corrected chi connectivity index (χ2v) is 6.09. The predicted molar refractivity (Wildman–Crippen MR) is 61.4 cm³/mol. The van der Waals surface area contributed by atoms with Crippen molar-refractivity contribution in [1.29, 1.82) is 0 Å². The van der Waals surface area contributed by atoms with Crippen molar-refractivity contribution in [2.45, 2.75) is 4.90 Å². The molecule has 1 aromatic rings. The number of nitrogens with zero attached hydrogens (tertiary/aromatic N) is 1. The Labute approximate surface area is 97.4 Å². The van der Waals surface area contributed by atoms with Gasteiger partial charge in [-0.2, -0.15) is 0 Å². The lowest BCUT2D eigenvalue weighted by Crippen LogP contribution is -2.35. The van der Waals surface area contributed by atoms with Crippen molar-refractivity contribution in [2.75, 3.05) is 23.8 Å². The van der Waals surface area contributed by atoms with E-state index >= 15 is 0 Å². The van der Waals surface area contributed by atoms with Crippen LogP contribution in [0.4, 0.5) is 11.4 Å². The zero-order chi connectivity index (χ0) is 11.9. The van der Waals surface area contributed by atoms with Gasteiger partial charge in [0.15, 0.2) is 0 Å². The summed E-state index contributed by atoms with van der Waals surface area (Å²) in [6.45, 7) is 0.193. The third kappa shape index (κ3) is 1.98. The van der Waals surface area contributed by atoms with Gasteiger partial charge in [0, 0.05) is 17.7 Å². The van der Waals surface area contributed by atoms with Crippen LogP contribution in [0.5, 0.6) is 0 Å². The van der Waals surface area contributed by atoms with Crippen molar-refractivity contribution in [3.05, 3.63) is 18.2 Å². The summed E-state index contributed by atoms with van der Waals surface area (Å²) in [7, 11) is 3.21. The molecule has 2 rings (SSSR count). The summed E-state index contributed by atoms with van der Waals surface area (Å²) in [6.07, 6.45) is 0. The van der Waals surface area contributed by atoms with Crippen molar-refractivity contribution in [3.63, 3.8) is 0 Å². The Hall–Kier alpha value is -1.27. The minimum Gasteiger partial charge on any atom is -0.364 e. The van der Waals surface area contributed by atoms with E-state index in [1.165, 1.54) is 18.2 Å². The number of hydrogen-bond donors (Lipinski definition) is 1. The summed E-state index contributed by atoms with van der Waals surface area (Å²) >= 11 is 0. The van der Waals surface area contributed by atoms with Gasteiger partial charge in [-0.05, 0) is 18.2 Å². The molecule has 86 valence electrons. The van der Waals surface area contributed by atoms with E-state index in [4.69, 9.17) is 10.7 Å². The van der Waals surface area contributed by atoms with Gasteiger partial charge in [-0.3, -0.25) is 4.79 Å². The normalized spacial score (nSPS) is 15.6. The third-order valence-corrected chi connectivity index (χ3v) is 3.67. The molecule has 0 unspecified atom stereocenters. The Morgan fingerprint density at radius 3 is 2.75 bits per heavy atom. The summed E-state index contributed by atoms with van der Waals surface area (Å²) in [5.41, 5.74) is 1.23. The van der Waals surface area contributed by atoms with Crippen LogP contribution in [-0.2, 0) is 13.8 Å². The summed E-state index contributed by atoms with van der Waals surface area (Å²) < 4.78 is 22.3. The summed E-state index contributed by atoms with van der Waals surface area (Å²) in [5, 5.41) is 2.65. The number of nitrogens with one attached hydrogen (secondary N) is 1. The van der Waals surface area contributed by atoms with Crippen LogP contribution in [0.3, 0.4) is 0 Å². The Bertz CT molecular complexity index is 556. The van der Waals surface area contributed by atoms with Crippen molar-refractivity contribution < 1.29 is 13.2 Å². The van der Waals surface area contributed by atoms with Crippen LogP contribution in [0.15, 0.2) is 23.1 Å². The molecule has 1 amide bonds. The topological polar surface area (TPSA) is 66.5 Å². The molecule has 0 saturated carbocycles. The maximum absolute atomic E-state index is 11.2. The maximum atomic E-state index is 11.2. The molecule has 0 saturated heterocycles. The molecule has 0 fully saturated rings. The van der Waals surface area contributed by atoms with E-state index < -0.39 is 9.05 Å². The zero-order valence-electron chi connectivity index (χ0n) is 8.40. The first kappa shape index (κ1) is 11.2. The van der Waals surface area contributed by atoms with E-state index in [-0.39, 0.29) is 17.3 Å². The summed E-state index contributed by atoms with van der Waals surface area (Å²) in [6, 6.07) is 4.33. The highest BCUT2D eigenvalue weighted by Gasteiger charge is 2.21. The third-order valence-electron chi connectivity index (χ3n) is 2.32. The van der Waals surface area contributed by atoms with Gasteiger partial charge in [-0.15, -0.1) is 0 Å². The average molecular weight is 261 g/mol. The molecule has 1 aliphatic rings. The number of likely N-dealkylation sites (N-methyl/N-ethyl adjacent to an activating group) is 1. The molecular weight excluding hydrogens is 252 g/mol. The van der Waals surface area contributed by atoms with Crippen LogP contribution in [0.2, 0.25) is 0 Å². The number of carbonyl (C=O) groups excluding carboxylic acids is 1. The lowest BCUT2D eigenvalue weighted by molar-refractivity contribution is -0.115. The second-order valence-electron chi connectivity index (χ2n) is 3.52. The van der Waals surface area contributed by atoms with Crippen molar-refractivity contribution in [3.8, 4) is 0 Å². The lowest BCUT2D eigenvalue weighted by Gasteiger charge is -2.27. The number of halogens is 1.